The van der Waals surface area contributed by atoms with Crippen LogP contribution in [0, 0.1) is 6.92 Å². The molecule has 0 spiro atoms. The first-order valence-electron chi connectivity index (χ1n) is 6.89. The lowest BCUT2D eigenvalue weighted by Crippen LogP contribution is -2.09. The molecule has 3 aromatic heterocycles. The predicted molar refractivity (Wildman–Crippen MR) is 85.0 cm³/mol. The highest BCUT2D eigenvalue weighted by Crippen LogP contribution is 2.28. The zero-order valence-electron chi connectivity index (χ0n) is 12.5. The lowest BCUT2D eigenvalue weighted by Gasteiger charge is -2.11. The predicted octanol–water partition coefficient (Wildman–Crippen LogP) is 2.90. The number of ether oxygens (including phenoxy) is 1. The maximum atomic E-state index is 12.3. The summed E-state index contributed by atoms with van der Waals surface area (Å²) in [6.07, 6.45) is -2.24. The third-order valence-corrected chi connectivity index (χ3v) is 3.94. The van der Waals surface area contributed by atoms with Crippen molar-refractivity contribution in [1.82, 2.24) is 20.3 Å². The zero-order valence-corrected chi connectivity index (χ0v) is 14.0. The number of fused-ring (bicyclic) bond motifs is 1. The Morgan fingerprint density at radius 1 is 1.29 bits per heavy atom. The molecule has 10 heteroatoms. The van der Waals surface area contributed by atoms with Crippen molar-refractivity contribution in [1.29, 1.82) is 0 Å². The van der Waals surface area contributed by atoms with Gasteiger partial charge >= 0.3 is 0 Å². The Kier molecular flexibility index (Phi) is 4.56. The smallest absolute Gasteiger partial charge is 0.272 e. The fourth-order valence-electron chi connectivity index (χ4n) is 2.20. The molecular weight excluding hydrogens is 388 g/mol. The molecular formula is C14H12BrF2N5O2. The minimum Gasteiger partial charge on any atom is -0.471 e. The molecule has 0 aliphatic rings. The van der Waals surface area contributed by atoms with Crippen LogP contribution >= 0.6 is 15.9 Å². The van der Waals surface area contributed by atoms with Crippen LogP contribution in [0.25, 0.3) is 11.2 Å². The maximum absolute atomic E-state index is 12.3. The van der Waals surface area contributed by atoms with Crippen LogP contribution in [0.5, 0.6) is 5.88 Å². The highest BCUT2D eigenvalue weighted by atomic mass is 79.9. The highest BCUT2D eigenvalue weighted by Gasteiger charge is 2.16. The Balaban J connectivity index is 1.92. The average Bonchev–Trinajstić information content (AvgIpc) is 2.99. The fourth-order valence-corrected chi connectivity index (χ4v) is 2.53. The van der Waals surface area contributed by atoms with E-state index in [2.05, 4.69) is 40.8 Å². The molecule has 0 saturated heterocycles. The van der Waals surface area contributed by atoms with Crippen LogP contribution < -0.4 is 10.5 Å². The van der Waals surface area contributed by atoms with Crippen molar-refractivity contribution in [2.24, 2.45) is 0 Å². The summed E-state index contributed by atoms with van der Waals surface area (Å²) in [7, 11) is 0. The van der Waals surface area contributed by atoms with Crippen molar-refractivity contribution in [3.05, 3.63) is 33.6 Å². The monoisotopic (exact) mass is 399 g/mol. The summed E-state index contributed by atoms with van der Waals surface area (Å²) in [5.41, 5.74) is 9.19. The second-order valence-electron chi connectivity index (χ2n) is 4.99. The van der Waals surface area contributed by atoms with E-state index >= 15 is 0 Å². The minimum absolute atomic E-state index is 0.0983. The van der Waals surface area contributed by atoms with Crippen LogP contribution in [0.3, 0.4) is 0 Å². The topological polar surface area (TPSA) is 100.0 Å². The number of rotatable bonds is 5. The van der Waals surface area contributed by atoms with Crippen molar-refractivity contribution in [2.45, 2.75) is 19.8 Å². The number of alkyl halides is 2. The van der Waals surface area contributed by atoms with Crippen LogP contribution in [0.1, 0.15) is 17.0 Å². The number of aromatic nitrogens is 4. The number of nitrogens with zero attached hydrogens (tertiary/aromatic N) is 4. The second kappa shape index (κ2) is 6.63. The van der Waals surface area contributed by atoms with Gasteiger partial charge in [-0.3, -0.25) is 0 Å². The summed E-state index contributed by atoms with van der Waals surface area (Å²) in [5.74, 6) is 0.0983. The summed E-state index contributed by atoms with van der Waals surface area (Å²) in [4.78, 5) is 8.52. The number of aryl methyl sites for hydroxylation is 1. The van der Waals surface area contributed by atoms with Crippen molar-refractivity contribution in [3.63, 3.8) is 0 Å². The Hall–Kier alpha value is -2.36. The van der Waals surface area contributed by atoms with Crippen molar-refractivity contribution in [3.8, 4) is 5.88 Å². The van der Waals surface area contributed by atoms with Gasteiger partial charge < -0.3 is 10.5 Å². The molecule has 0 bridgehead atoms. The molecule has 0 saturated carbocycles. The summed E-state index contributed by atoms with van der Waals surface area (Å²) < 4.78 is 34.8. The van der Waals surface area contributed by atoms with Crippen LogP contribution in [0.4, 0.5) is 14.5 Å². The molecule has 3 heterocycles. The van der Waals surface area contributed by atoms with E-state index in [0.29, 0.717) is 44.7 Å². The van der Waals surface area contributed by atoms with Gasteiger partial charge in [0, 0.05) is 23.4 Å². The summed E-state index contributed by atoms with van der Waals surface area (Å²) in [6.45, 7) is 1.06. The third kappa shape index (κ3) is 3.28. The lowest BCUT2D eigenvalue weighted by atomic mass is 10.1. The molecule has 0 amide bonds. The number of anilines is 1. The summed E-state index contributed by atoms with van der Waals surface area (Å²) in [6, 6.07) is 3.42. The van der Waals surface area contributed by atoms with E-state index in [4.69, 9.17) is 10.5 Å². The first kappa shape index (κ1) is 16.5. The van der Waals surface area contributed by atoms with Crippen LogP contribution in [-0.4, -0.2) is 33.3 Å². The number of hydrogen-bond acceptors (Lipinski definition) is 7. The first-order valence-corrected chi connectivity index (χ1v) is 7.68. The molecule has 0 fully saturated rings. The van der Waals surface area contributed by atoms with Crippen molar-refractivity contribution >= 4 is 32.8 Å². The number of pyridine rings is 2. The SMILES string of the molecule is Cc1nc2nonc2c(N)c1Cc1ccc(Br)c(OCC(F)F)n1. The molecule has 0 aliphatic carbocycles. The van der Waals surface area contributed by atoms with E-state index in [9.17, 15) is 8.78 Å². The van der Waals surface area contributed by atoms with Crippen LogP contribution in [0.15, 0.2) is 21.2 Å². The first-order chi connectivity index (χ1) is 11.5. The molecule has 0 unspecified atom stereocenters. The van der Waals surface area contributed by atoms with Gasteiger partial charge in [-0.1, -0.05) is 0 Å². The van der Waals surface area contributed by atoms with E-state index in [1.54, 1.807) is 19.1 Å². The van der Waals surface area contributed by atoms with Crippen LogP contribution in [-0.2, 0) is 6.42 Å². The molecule has 0 aliphatic heterocycles. The van der Waals surface area contributed by atoms with Gasteiger partial charge in [0.15, 0.2) is 12.1 Å². The molecule has 0 aromatic carbocycles. The Morgan fingerprint density at radius 2 is 2.08 bits per heavy atom. The molecule has 24 heavy (non-hydrogen) atoms. The van der Waals surface area contributed by atoms with Gasteiger partial charge in [-0.15, -0.1) is 0 Å². The molecule has 0 atom stereocenters. The fraction of sp³-hybridized carbons (Fsp3) is 0.286. The van der Waals surface area contributed by atoms with Gasteiger partial charge in [0.05, 0.1) is 10.2 Å². The molecule has 3 rings (SSSR count). The van der Waals surface area contributed by atoms with E-state index < -0.39 is 13.0 Å². The van der Waals surface area contributed by atoms with Gasteiger partial charge in [-0.05, 0) is 45.3 Å². The number of halogens is 3. The maximum Gasteiger partial charge on any atom is 0.272 e. The number of nitrogen functional groups attached to an aromatic ring is 1. The molecule has 3 aromatic rings. The van der Waals surface area contributed by atoms with Gasteiger partial charge in [0.2, 0.25) is 11.5 Å². The van der Waals surface area contributed by atoms with Gasteiger partial charge in [0.1, 0.15) is 0 Å². The number of nitrogens with two attached hydrogens (primary N) is 1. The third-order valence-electron chi connectivity index (χ3n) is 3.34. The molecule has 126 valence electrons. The van der Waals surface area contributed by atoms with Crippen molar-refractivity contribution in [2.75, 3.05) is 12.3 Å². The van der Waals surface area contributed by atoms with E-state index in [0.717, 1.165) is 0 Å². The Bertz CT molecular complexity index is 887. The summed E-state index contributed by atoms with van der Waals surface area (Å²) >= 11 is 3.22. The van der Waals surface area contributed by atoms with E-state index in [1.807, 2.05) is 0 Å². The highest BCUT2D eigenvalue weighted by molar-refractivity contribution is 9.10. The normalized spacial score (nSPS) is 11.4. The van der Waals surface area contributed by atoms with E-state index in [1.165, 1.54) is 0 Å². The molecule has 7 nitrogen and oxygen atoms in total. The molecule has 0 radical (unpaired) electrons. The average molecular weight is 400 g/mol. The Labute approximate surface area is 143 Å². The van der Waals surface area contributed by atoms with E-state index in [-0.39, 0.29) is 5.88 Å². The largest absolute Gasteiger partial charge is 0.471 e. The van der Waals surface area contributed by atoms with Crippen molar-refractivity contribution < 1.29 is 18.1 Å². The number of hydrogen-bond donors (Lipinski definition) is 1. The van der Waals surface area contributed by atoms with Crippen LogP contribution in [0.2, 0.25) is 0 Å². The summed E-state index contributed by atoms with van der Waals surface area (Å²) in [5, 5.41) is 7.40. The van der Waals surface area contributed by atoms with Gasteiger partial charge in [-0.25, -0.2) is 23.4 Å². The quantitative estimate of drug-likeness (QED) is 0.703. The molecule has 2 N–H and O–H groups in total. The van der Waals surface area contributed by atoms with Gasteiger partial charge in [-0.2, -0.15) is 0 Å². The second-order valence-corrected chi connectivity index (χ2v) is 5.85. The Morgan fingerprint density at radius 3 is 2.83 bits per heavy atom. The van der Waals surface area contributed by atoms with Gasteiger partial charge in [0.25, 0.3) is 6.43 Å². The minimum atomic E-state index is -2.58. The standard InChI is InChI=1S/C14H12BrF2N5O2/c1-6-8(11(18)12-13(19-6)22-24-21-12)4-7-2-3-9(15)14(20-7)23-5-10(16)17/h2-3,10H,4-5,18H2,1H3. The lowest BCUT2D eigenvalue weighted by molar-refractivity contribution is 0.0791. The zero-order chi connectivity index (χ0) is 17.3.